The Labute approximate surface area is 203 Å². The van der Waals surface area contributed by atoms with Crippen molar-refractivity contribution in [3.63, 3.8) is 0 Å². The van der Waals surface area contributed by atoms with Gasteiger partial charge in [-0.15, -0.1) is 0 Å². The van der Waals surface area contributed by atoms with Crippen molar-refractivity contribution < 1.29 is 13.9 Å². The van der Waals surface area contributed by atoms with Crippen molar-refractivity contribution in [2.24, 2.45) is 0 Å². The maximum absolute atomic E-state index is 6.72. The smallest absolute Gasteiger partial charge is 0.315 e. The first-order valence-corrected chi connectivity index (χ1v) is 12.4. The monoisotopic (exact) mass is 460 g/mol. The number of nitrogens with zero attached hydrogens (tertiary/aromatic N) is 4. The van der Waals surface area contributed by atoms with Crippen LogP contribution in [0.15, 0.2) is 97.6 Å². The van der Waals surface area contributed by atoms with Crippen LogP contribution >= 0.6 is 0 Å². The third-order valence-corrected chi connectivity index (χ3v) is 8.95. The number of pyridine rings is 2. The van der Waals surface area contributed by atoms with E-state index in [1.807, 2.05) is 0 Å². The summed E-state index contributed by atoms with van der Waals surface area (Å²) in [4.78, 5) is 0. The van der Waals surface area contributed by atoms with Gasteiger partial charge < -0.3 is 4.74 Å². The molecule has 0 unspecified atom stereocenters. The molecule has 8 aromatic rings. The summed E-state index contributed by atoms with van der Waals surface area (Å²) >= 11 is 0. The van der Waals surface area contributed by atoms with Gasteiger partial charge in [0.25, 0.3) is 11.3 Å². The van der Waals surface area contributed by atoms with Gasteiger partial charge >= 0.3 is 5.66 Å². The Bertz CT molecular complexity index is 2240. The van der Waals surface area contributed by atoms with E-state index in [1.54, 1.807) is 0 Å². The van der Waals surface area contributed by atoms with Gasteiger partial charge in [0, 0.05) is 21.5 Å². The van der Waals surface area contributed by atoms with Crippen molar-refractivity contribution >= 4 is 54.6 Å². The number of ether oxygens (including phenoxy) is 1. The maximum atomic E-state index is 6.72. The van der Waals surface area contributed by atoms with E-state index in [-0.39, 0.29) is 0 Å². The number of para-hydroxylation sites is 2. The predicted molar refractivity (Wildman–Crippen MR) is 137 cm³/mol. The summed E-state index contributed by atoms with van der Waals surface area (Å²) in [5, 5.41) is 7.64. The fourth-order valence-corrected chi connectivity index (χ4v) is 7.78. The predicted octanol–water partition coefficient (Wildman–Crippen LogP) is 5.41. The van der Waals surface area contributed by atoms with E-state index in [0.717, 1.165) is 11.5 Å². The van der Waals surface area contributed by atoms with Crippen LogP contribution in [0.1, 0.15) is 11.1 Å². The van der Waals surface area contributed by atoms with Crippen molar-refractivity contribution in [2.45, 2.75) is 5.66 Å². The Morgan fingerprint density at radius 1 is 0.556 bits per heavy atom. The molecule has 0 bridgehead atoms. The zero-order valence-electron chi connectivity index (χ0n) is 18.9. The lowest BCUT2D eigenvalue weighted by atomic mass is 9.85. The molecule has 0 amide bonds. The number of fused-ring (bicyclic) bond motifs is 6. The van der Waals surface area contributed by atoms with E-state index < -0.39 is 5.66 Å². The van der Waals surface area contributed by atoms with Crippen molar-refractivity contribution in [1.29, 1.82) is 0 Å². The highest BCUT2D eigenvalue weighted by atomic mass is 16.5. The first-order valence-electron chi connectivity index (χ1n) is 12.4. The molecule has 0 saturated heterocycles. The number of aromatic nitrogens is 4. The fourth-order valence-electron chi connectivity index (χ4n) is 7.78. The SMILES string of the molecule is c1ccc2c(c1)c1ccc3c4c1c1n2cc[n+]1C41c2c(ccc4c5ccccc5n5cc[n+]1c5c24)O3. The molecule has 0 radical (unpaired) electrons. The quantitative estimate of drug-likeness (QED) is 0.220. The summed E-state index contributed by atoms with van der Waals surface area (Å²) in [6.07, 6.45) is 8.98. The second-order valence-electron chi connectivity index (χ2n) is 10.3. The molecule has 3 aliphatic heterocycles. The van der Waals surface area contributed by atoms with Crippen LogP contribution < -0.4 is 13.9 Å². The molecule has 1 spiro atoms. The molecular weight excluding hydrogens is 444 g/mol. The van der Waals surface area contributed by atoms with Crippen LogP contribution in [0.25, 0.3) is 54.6 Å². The molecule has 4 aromatic heterocycles. The summed E-state index contributed by atoms with van der Waals surface area (Å²) in [6, 6.07) is 26.3. The molecule has 11 rings (SSSR count). The zero-order chi connectivity index (χ0) is 22.9. The molecule has 0 N–H and O–H groups in total. The normalized spacial score (nSPS) is 15.7. The van der Waals surface area contributed by atoms with Crippen LogP contribution in [0.4, 0.5) is 0 Å². The van der Waals surface area contributed by atoms with Gasteiger partial charge in [-0.25, -0.2) is 0 Å². The second kappa shape index (κ2) is 4.90. The van der Waals surface area contributed by atoms with Crippen molar-refractivity contribution in [2.75, 3.05) is 0 Å². The largest absolute Gasteiger partial charge is 0.456 e. The summed E-state index contributed by atoms with van der Waals surface area (Å²) in [7, 11) is 0. The van der Waals surface area contributed by atoms with Crippen molar-refractivity contribution in [1.82, 2.24) is 8.80 Å². The Balaban J connectivity index is 1.50. The number of rotatable bonds is 0. The van der Waals surface area contributed by atoms with E-state index in [0.29, 0.717) is 0 Å². The van der Waals surface area contributed by atoms with Crippen LogP contribution in [-0.2, 0) is 5.66 Å². The summed E-state index contributed by atoms with van der Waals surface area (Å²) in [5.74, 6) is 1.89. The maximum Gasteiger partial charge on any atom is 0.315 e. The minimum atomic E-state index is -0.523. The highest BCUT2D eigenvalue weighted by Crippen LogP contribution is 2.57. The van der Waals surface area contributed by atoms with Gasteiger partial charge in [-0.1, -0.05) is 36.4 Å². The van der Waals surface area contributed by atoms with E-state index in [4.69, 9.17) is 4.74 Å². The average Bonchev–Trinajstić information content (AvgIpc) is 3.68. The molecule has 0 fully saturated rings. The van der Waals surface area contributed by atoms with Gasteiger partial charge in [0.2, 0.25) is 0 Å². The summed E-state index contributed by atoms with van der Waals surface area (Å²) < 4.78 is 16.4. The molecule has 5 nitrogen and oxygen atoms in total. The molecule has 3 aliphatic rings. The third-order valence-electron chi connectivity index (χ3n) is 8.95. The second-order valence-corrected chi connectivity index (χ2v) is 10.3. The van der Waals surface area contributed by atoms with Crippen molar-refractivity contribution in [3.8, 4) is 11.5 Å². The van der Waals surface area contributed by atoms with Gasteiger partial charge in [0.15, 0.2) is 0 Å². The molecular formula is C31H16N4O+2. The lowest BCUT2D eigenvalue weighted by Gasteiger charge is -2.30. The molecule has 5 heteroatoms. The zero-order valence-corrected chi connectivity index (χ0v) is 18.9. The molecule has 164 valence electrons. The number of benzene rings is 4. The van der Waals surface area contributed by atoms with Gasteiger partial charge in [-0.3, -0.25) is 0 Å². The standard InChI is InChI=1S/C31H16N4O/c1-3-7-21-17(5-1)19-9-11-23-27-25(19)29-32(21)13-15-34(29)31(27)28-24(36-23)12-10-20-18-6-2-4-8-22(18)33-14-16-35(31)30(33)26(20)28/h1-16H/q+2. The van der Waals surface area contributed by atoms with E-state index >= 15 is 0 Å². The molecule has 4 aromatic carbocycles. The van der Waals surface area contributed by atoms with E-state index in [1.165, 1.54) is 65.8 Å². The summed E-state index contributed by atoms with van der Waals surface area (Å²) in [6.45, 7) is 0. The molecule has 0 aliphatic carbocycles. The lowest BCUT2D eigenvalue weighted by molar-refractivity contribution is -0.944. The third kappa shape index (κ3) is 1.38. The minimum Gasteiger partial charge on any atom is -0.456 e. The molecule has 36 heavy (non-hydrogen) atoms. The Morgan fingerprint density at radius 3 is 1.58 bits per heavy atom. The van der Waals surface area contributed by atoms with Crippen LogP contribution in [-0.4, -0.2) is 8.80 Å². The van der Waals surface area contributed by atoms with Gasteiger partial charge in [-0.2, -0.15) is 17.9 Å². The van der Waals surface area contributed by atoms with Crippen LogP contribution in [0.3, 0.4) is 0 Å². The Morgan fingerprint density at radius 2 is 1.06 bits per heavy atom. The highest BCUT2D eigenvalue weighted by Gasteiger charge is 2.65. The number of imidazole rings is 2. The molecule has 0 saturated carbocycles. The average molecular weight is 460 g/mol. The highest BCUT2D eigenvalue weighted by molar-refractivity contribution is 6.17. The Hall–Kier alpha value is -4.90. The van der Waals surface area contributed by atoms with E-state index in [2.05, 4.69) is 116 Å². The van der Waals surface area contributed by atoms with Gasteiger partial charge in [0.1, 0.15) is 58.4 Å². The molecule has 0 atom stereocenters. The first-order chi connectivity index (χ1) is 17.9. The van der Waals surface area contributed by atoms with Crippen LogP contribution in [0.2, 0.25) is 0 Å². The topological polar surface area (TPSA) is 25.8 Å². The Kier molecular flexibility index (Phi) is 2.27. The lowest BCUT2D eigenvalue weighted by Crippen LogP contribution is -2.71. The van der Waals surface area contributed by atoms with Crippen LogP contribution in [0.5, 0.6) is 11.5 Å². The van der Waals surface area contributed by atoms with Crippen molar-refractivity contribution in [3.05, 3.63) is 109 Å². The number of hydrogen-bond acceptors (Lipinski definition) is 1. The van der Waals surface area contributed by atoms with E-state index in [9.17, 15) is 0 Å². The summed E-state index contributed by atoms with van der Waals surface area (Å²) in [5.41, 5.74) is 6.86. The van der Waals surface area contributed by atoms with Crippen LogP contribution in [0, 0.1) is 0 Å². The minimum absolute atomic E-state index is 0.523. The number of hydrogen-bond donors (Lipinski definition) is 0. The first kappa shape index (κ1) is 16.7. The van der Waals surface area contributed by atoms with Gasteiger partial charge in [0.05, 0.1) is 10.8 Å². The van der Waals surface area contributed by atoms with Gasteiger partial charge in [-0.05, 0) is 36.4 Å². The fraction of sp³-hybridized carbons (Fsp3) is 0.0323. The molecule has 7 heterocycles.